The first-order chi connectivity index (χ1) is 14.1. The van der Waals surface area contributed by atoms with Crippen molar-refractivity contribution in [2.24, 2.45) is 5.92 Å². The van der Waals surface area contributed by atoms with Gasteiger partial charge < -0.3 is 10.2 Å². The first-order valence-corrected chi connectivity index (χ1v) is 10.4. The highest BCUT2D eigenvalue weighted by Gasteiger charge is 2.28. The number of carbonyl (C=O) groups excluding carboxylic acids is 1. The molecule has 6 nitrogen and oxygen atoms in total. The summed E-state index contributed by atoms with van der Waals surface area (Å²) in [7, 11) is 0. The van der Waals surface area contributed by atoms with E-state index in [0.29, 0.717) is 18.8 Å². The highest BCUT2D eigenvalue weighted by atomic mass is 32.1. The van der Waals surface area contributed by atoms with Crippen LogP contribution in [0.15, 0.2) is 42.5 Å². The highest BCUT2D eigenvalue weighted by molar-refractivity contribution is 7.15. The number of amides is 1. The van der Waals surface area contributed by atoms with Crippen LogP contribution >= 0.6 is 11.3 Å². The van der Waals surface area contributed by atoms with Gasteiger partial charge in [-0.1, -0.05) is 29.5 Å². The summed E-state index contributed by atoms with van der Waals surface area (Å²) in [6.45, 7) is 3.37. The van der Waals surface area contributed by atoms with Crippen LogP contribution in [0.2, 0.25) is 0 Å². The predicted molar refractivity (Wildman–Crippen MR) is 112 cm³/mol. The zero-order chi connectivity index (χ0) is 20.2. The molecule has 8 heteroatoms. The standard InChI is InChI=1S/C21H22FN5OS/c1-14-4-2-6-18(23-14)24-20(28)16-5-3-11-27(13-16)21-26-25-19(29-21)12-15-7-9-17(22)10-8-15/h2,4,6-10,16H,3,5,11-13H2,1H3,(H,23,24,28). The van der Waals surface area contributed by atoms with Gasteiger partial charge in [-0.25, -0.2) is 9.37 Å². The van der Waals surface area contributed by atoms with E-state index in [4.69, 9.17) is 0 Å². The quantitative estimate of drug-likeness (QED) is 0.691. The summed E-state index contributed by atoms with van der Waals surface area (Å²) in [6.07, 6.45) is 2.39. The van der Waals surface area contributed by atoms with Crippen molar-refractivity contribution < 1.29 is 9.18 Å². The van der Waals surface area contributed by atoms with Crippen LogP contribution in [0.3, 0.4) is 0 Å². The first-order valence-electron chi connectivity index (χ1n) is 9.63. The maximum absolute atomic E-state index is 13.1. The van der Waals surface area contributed by atoms with E-state index in [9.17, 15) is 9.18 Å². The van der Waals surface area contributed by atoms with E-state index in [1.807, 2.05) is 19.1 Å². The Morgan fingerprint density at radius 1 is 1.24 bits per heavy atom. The number of aromatic nitrogens is 3. The summed E-state index contributed by atoms with van der Waals surface area (Å²) in [6, 6.07) is 12.0. The predicted octanol–water partition coefficient (Wildman–Crippen LogP) is 3.83. The Kier molecular flexibility index (Phi) is 5.80. The topological polar surface area (TPSA) is 71.0 Å². The summed E-state index contributed by atoms with van der Waals surface area (Å²) >= 11 is 1.52. The van der Waals surface area contributed by atoms with Gasteiger partial charge in [-0.2, -0.15) is 0 Å². The van der Waals surface area contributed by atoms with Crippen LogP contribution in [0.5, 0.6) is 0 Å². The second-order valence-corrected chi connectivity index (χ2v) is 8.26. The number of benzene rings is 1. The average Bonchev–Trinajstić information content (AvgIpc) is 3.18. The number of piperidine rings is 1. The lowest BCUT2D eigenvalue weighted by Crippen LogP contribution is -2.40. The average molecular weight is 412 g/mol. The van der Waals surface area contributed by atoms with Crippen LogP contribution < -0.4 is 10.2 Å². The van der Waals surface area contributed by atoms with Crippen molar-refractivity contribution >= 4 is 28.2 Å². The van der Waals surface area contributed by atoms with Crippen molar-refractivity contribution in [2.75, 3.05) is 23.3 Å². The van der Waals surface area contributed by atoms with Crippen molar-refractivity contribution in [2.45, 2.75) is 26.2 Å². The number of rotatable bonds is 5. The van der Waals surface area contributed by atoms with Crippen molar-refractivity contribution in [1.82, 2.24) is 15.2 Å². The number of halogens is 1. The molecule has 4 rings (SSSR count). The van der Waals surface area contributed by atoms with Gasteiger partial charge in [0.1, 0.15) is 16.6 Å². The van der Waals surface area contributed by atoms with E-state index in [1.54, 1.807) is 18.2 Å². The molecule has 1 aromatic carbocycles. The number of nitrogens with one attached hydrogen (secondary N) is 1. The monoisotopic (exact) mass is 411 g/mol. The second-order valence-electron chi connectivity index (χ2n) is 7.22. The highest BCUT2D eigenvalue weighted by Crippen LogP contribution is 2.28. The minimum Gasteiger partial charge on any atom is -0.346 e. The summed E-state index contributed by atoms with van der Waals surface area (Å²) < 4.78 is 13.1. The van der Waals surface area contributed by atoms with Crippen LogP contribution in [0.1, 0.15) is 29.1 Å². The Bertz CT molecular complexity index is 991. The lowest BCUT2D eigenvalue weighted by atomic mass is 9.97. The minimum absolute atomic E-state index is 0.0103. The lowest BCUT2D eigenvalue weighted by molar-refractivity contribution is -0.120. The Balaban J connectivity index is 1.38. The van der Waals surface area contributed by atoms with Gasteiger partial charge in [-0.15, -0.1) is 10.2 Å². The zero-order valence-electron chi connectivity index (χ0n) is 16.1. The molecule has 1 amide bonds. The number of anilines is 2. The molecule has 0 spiro atoms. The molecule has 2 aromatic heterocycles. The molecule has 1 saturated heterocycles. The molecule has 3 heterocycles. The number of hydrogen-bond acceptors (Lipinski definition) is 6. The van der Waals surface area contributed by atoms with Gasteiger partial charge in [0.25, 0.3) is 0 Å². The number of aryl methyl sites for hydroxylation is 1. The SMILES string of the molecule is Cc1cccc(NC(=O)C2CCCN(c3nnc(Cc4ccc(F)cc4)s3)C2)n1. The van der Waals surface area contributed by atoms with Crippen molar-refractivity contribution in [3.63, 3.8) is 0 Å². The fraction of sp³-hybridized carbons (Fsp3) is 0.333. The van der Waals surface area contributed by atoms with Crippen molar-refractivity contribution in [3.8, 4) is 0 Å². The first kappa shape index (κ1) is 19.4. The fourth-order valence-electron chi connectivity index (χ4n) is 3.43. The van der Waals surface area contributed by atoms with E-state index in [-0.39, 0.29) is 17.6 Å². The summed E-state index contributed by atoms with van der Waals surface area (Å²) in [5.74, 6) is 0.217. The largest absolute Gasteiger partial charge is 0.346 e. The number of hydrogen-bond donors (Lipinski definition) is 1. The summed E-state index contributed by atoms with van der Waals surface area (Å²) in [5.41, 5.74) is 1.87. The molecule has 29 heavy (non-hydrogen) atoms. The van der Waals surface area contributed by atoms with Crippen LogP contribution in [0.4, 0.5) is 15.3 Å². The van der Waals surface area contributed by atoms with Gasteiger partial charge in [0.05, 0.1) is 5.92 Å². The number of nitrogens with zero attached hydrogens (tertiary/aromatic N) is 4. The molecule has 3 aromatic rings. The molecular formula is C21H22FN5OS. The molecule has 1 fully saturated rings. The van der Waals surface area contributed by atoms with Gasteiger partial charge in [-0.3, -0.25) is 4.79 Å². The smallest absolute Gasteiger partial charge is 0.230 e. The molecular weight excluding hydrogens is 389 g/mol. The van der Waals surface area contributed by atoms with Crippen LogP contribution in [0, 0.1) is 18.7 Å². The molecule has 1 atom stereocenters. The molecule has 0 bridgehead atoms. The summed E-state index contributed by atoms with van der Waals surface area (Å²) in [5, 5.41) is 13.2. The number of pyridine rings is 1. The van der Waals surface area contributed by atoms with Crippen LogP contribution in [-0.2, 0) is 11.2 Å². The molecule has 150 valence electrons. The van der Waals surface area contributed by atoms with E-state index < -0.39 is 0 Å². The third-order valence-corrected chi connectivity index (χ3v) is 5.91. The molecule has 1 aliphatic rings. The second kappa shape index (κ2) is 8.65. The molecule has 0 radical (unpaired) electrons. The van der Waals surface area contributed by atoms with Gasteiger partial charge in [-0.05, 0) is 49.6 Å². The Labute approximate surface area is 172 Å². The van der Waals surface area contributed by atoms with E-state index >= 15 is 0 Å². The minimum atomic E-state index is -0.245. The van der Waals surface area contributed by atoms with Crippen LogP contribution in [0.25, 0.3) is 0 Å². The molecule has 0 aliphatic carbocycles. The molecule has 0 saturated carbocycles. The molecule has 1 N–H and O–H groups in total. The van der Waals surface area contributed by atoms with Crippen LogP contribution in [-0.4, -0.2) is 34.2 Å². The molecule has 1 aliphatic heterocycles. The maximum atomic E-state index is 13.1. The van der Waals surface area contributed by atoms with Gasteiger partial charge in [0.2, 0.25) is 11.0 Å². The third-order valence-electron chi connectivity index (χ3n) is 4.93. The zero-order valence-corrected chi connectivity index (χ0v) is 17.0. The Morgan fingerprint density at radius 3 is 2.86 bits per heavy atom. The van der Waals surface area contributed by atoms with Crippen molar-refractivity contribution in [1.29, 1.82) is 0 Å². The third kappa shape index (κ3) is 4.95. The Hall–Kier alpha value is -2.87. The number of carbonyl (C=O) groups is 1. The Morgan fingerprint density at radius 2 is 2.07 bits per heavy atom. The lowest BCUT2D eigenvalue weighted by Gasteiger charge is -2.31. The van der Waals surface area contributed by atoms with E-state index in [2.05, 4.69) is 25.4 Å². The fourth-order valence-corrected chi connectivity index (χ4v) is 4.33. The maximum Gasteiger partial charge on any atom is 0.230 e. The molecule has 1 unspecified atom stereocenters. The van der Waals surface area contributed by atoms with E-state index in [0.717, 1.165) is 40.8 Å². The van der Waals surface area contributed by atoms with Gasteiger partial charge >= 0.3 is 0 Å². The van der Waals surface area contributed by atoms with Crippen molar-refractivity contribution in [3.05, 3.63) is 64.5 Å². The van der Waals surface area contributed by atoms with Gasteiger partial charge in [0, 0.05) is 25.2 Å². The normalized spacial score (nSPS) is 16.6. The van der Waals surface area contributed by atoms with Gasteiger partial charge in [0.15, 0.2) is 0 Å². The van der Waals surface area contributed by atoms with E-state index in [1.165, 1.54) is 23.5 Å². The summed E-state index contributed by atoms with van der Waals surface area (Å²) in [4.78, 5) is 19.2.